The second kappa shape index (κ2) is 11.4. The van der Waals surface area contributed by atoms with Gasteiger partial charge in [-0.3, -0.25) is 0 Å². The fourth-order valence-electron chi connectivity index (χ4n) is 8.29. The highest BCUT2D eigenvalue weighted by molar-refractivity contribution is 6.07. The summed E-state index contributed by atoms with van der Waals surface area (Å²) in [4.78, 5) is 7.46. The van der Waals surface area contributed by atoms with Crippen LogP contribution < -0.4 is 4.90 Å². The normalized spacial score (nSPS) is 14.7. The fraction of sp³-hybridized carbons (Fsp3) is 0.104. The van der Waals surface area contributed by atoms with Gasteiger partial charge in [-0.15, -0.1) is 0 Å². The van der Waals surface area contributed by atoms with E-state index in [-0.39, 0.29) is 5.41 Å². The summed E-state index contributed by atoms with van der Waals surface area (Å²) < 4.78 is 6.25. The molecular formula is C48H36N2O. The van der Waals surface area contributed by atoms with Crippen LogP contribution in [-0.2, 0) is 5.41 Å². The van der Waals surface area contributed by atoms with Gasteiger partial charge in [-0.2, -0.15) is 0 Å². The Balaban J connectivity index is 1.06. The van der Waals surface area contributed by atoms with E-state index in [1.165, 1.54) is 55.9 Å². The van der Waals surface area contributed by atoms with Gasteiger partial charge in [0.15, 0.2) is 5.58 Å². The standard InChI is InChI=1S/C48H36N2O/c1-48(2)42-14-8-7-13-39(42)40-26-25-38(30-43(40)48)50(36-21-16-32(17-22-36)31-10-4-3-5-11-31)37-23-18-33(19-24-37)34-20-27-45-41(28-34)47-46(51-45)29-35-12-6-9-15-44(35)49-47/h3-18,20-23,25-30H,19,24H2,1-2H3. The van der Waals surface area contributed by atoms with Gasteiger partial charge < -0.3 is 9.32 Å². The molecule has 0 bridgehead atoms. The maximum Gasteiger partial charge on any atom is 0.154 e. The van der Waals surface area contributed by atoms with Crippen LogP contribution in [-0.4, -0.2) is 4.98 Å². The Kier molecular flexibility index (Phi) is 6.66. The first kappa shape index (κ1) is 29.7. The zero-order chi connectivity index (χ0) is 34.1. The molecule has 51 heavy (non-hydrogen) atoms. The fourth-order valence-corrected chi connectivity index (χ4v) is 8.29. The second-order valence-electron chi connectivity index (χ2n) is 14.3. The number of benzene rings is 6. The minimum atomic E-state index is -0.0736. The van der Waals surface area contributed by atoms with Crippen molar-refractivity contribution in [1.82, 2.24) is 4.98 Å². The average molecular weight is 657 g/mol. The summed E-state index contributed by atoms with van der Waals surface area (Å²) in [6.07, 6.45) is 6.48. The number of nitrogens with zero attached hydrogens (tertiary/aromatic N) is 2. The summed E-state index contributed by atoms with van der Waals surface area (Å²) in [6, 6.07) is 52.4. The molecule has 2 aromatic heterocycles. The lowest BCUT2D eigenvalue weighted by Gasteiger charge is -2.31. The molecule has 244 valence electrons. The Labute approximate surface area is 297 Å². The van der Waals surface area contributed by atoms with Crippen LogP contribution in [0.3, 0.4) is 0 Å². The minimum absolute atomic E-state index is 0.0736. The molecule has 3 nitrogen and oxygen atoms in total. The van der Waals surface area contributed by atoms with Crippen molar-refractivity contribution in [3.63, 3.8) is 0 Å². The maximum atomic E-state index is 6.25. The molecule has 2 aliphatic rings. The van der Waals surface area contributed by atoms with Crippen molar-refractivity contribution in [2.45, 2.75) is 32.1 Å². The zero-order valence-corrected chi connectivity index (χ0v) is 28.7. The molecule has 0 aliphatic heterocycles. The average Bonchev–Trinajstić information content (AvgIpc) is 3.65. The summed E-state index contributed by atoms with van der Waals surface area (Å²) in [5.41, 5.74) is 17.6. The van der Waals surface area contributed by atoms with Crippen molar-refractivity contribution < 1.29 is 4.42 Å². The Morgan fingerprint density at radius 2 is 1.29 bits per heavy atom. The molecule has 0 fully saturated rings. The predicted octanol–water partition coefficient (Wildman–Crippen LogP) is 13.0. The Morgan fingerprint density at radius 1 is 0.569 bits per heavy atom. The lowest BCUT2D eigenvalue weighted by molar-refractivity contribution is 0.660. The van der Waals surface area contributed by atoms with Crippen molar-refractivity contribution in [2.24, 2.45) is 0 Å². The van der Waals surface area contributed by atoms with Crippen LogP contribution in [0.15, 0.2) is 168 Å². The van der Waals surface area contributed by atoms with Gasteiger partial charge in [0.05, 0.1) is 5.52 Å². The third-order valence-corrected chi connectivity index (χ3v) is 11.0. The van der Waals surface area contributed by atoms with Crippen molar-refractivity contribution in [3.8, 4) is 22.3 Å². The van der Waals surface area contributed by atoms with E-state index in [9.17, 15) is 0 Å². The molecular weight excluding hydrogens is 621 g/mol. The van der Waals surface area contributed by atoms with E-state index < -0.39 is 0 Å². The van der Waals surface area contributed by atoms with Crippen LogP contribution >= 0.6 is 0 Å². The van der Waals surface area contributed by atoms with Gasteiger partial charge in [-0.05, 0) is 112 Å². The first-order valence-electron chi connectivity index (χ1n) is 17.8. The topological polar surface area (TPSA) is 29.3 Å². The third-order valence-electron chi connectivity index (χ3n) is 11.0. The Hall–Kier alpha value is -6.19. The van der Waals surface area contributed by atoms with Crippen LogP contribution in [0.2, 0.25) is 0 Å². The SMILES string of the molecule is CC1(C)c2ccccc2-c2ccc(N(C3=CC=C(c4ccc5oc6cc7ccccc7nc6c5c4)CC3)c3ccc(-c4ccccc4)cc3)cc21. The number of anilines is 2. The van der Waals surface area contributed by atoms with Gasteiger partial charge in [0.1, 0.15) is 11.1 Å². The van der Waals surface area contributed by atoms with Crippen molar-refractivity contribution >= 4 is 49.9 Å². The van der Waals surface area contributed by atoms with Crippen LogP contribution in [0.5, 0.6) is 0 Å². The van der Waals surface area contributed by atoms with E-state index >= 15 is 0 Å². The Morgan fingerprint density at radius 3 is 2.14 bits per heavy atom. The largest absolute Gasteiger partial charge is 0.454 e. The van der Waals surface area contributed by atoms with E-state index in [1.54, 1.807) is 0 Å². The van der Waals surface area contributed by atoms with Gasteiger partial charge in [-0.25, -0.2) is 4.98 Å². The molecule has 0 radical (unpaired) electrons. The number of allylic oxidation sites excluding steroid dienone is 4. The molecule has 2 heterocycles. The molecule has 6 aromatic carbocycles. The van der Waals surface area contributed by atoms with E-state index in [0.717, 1.165) is 51.5 Å². The van der Waals surface area contributed by atoms with Gasteiger partial charge >= 0.3 is 0 Å². The van der Waals surface area contributed by atoms with E-state index in [1.807, 2.05) is 12.1 Å². The highest BCUT2D eigenvalue weighted by Crippen LogP contribution is 2.50. The summed E-state index contributed by atoms with van der Waals surface area (Å²) >= 11 is 0. The molecule has 0 atom stereocenters. The number of aromatic nitrogens is 1. The van der Waals surface area contributed by atoms with Gasteiger partial charge in [0.25, 0.3) is 0 Å². The summed E-state index contributed by atoms with van der Waals surface area (Å²) in [6.45, 7) is 4.71. The van der Waals surface area contributed by atoms with E-state index in [2.05, 4.69) is 164 Å². The number of furan rings is 1. The second-order valence-corrected chi connectivity index (χ2v) is 14.3. The predicted molar refractivity (Wildman–Crippen MR) is 212 cm³/mol. The lowest BCUT2D eigenvalue weighted by atomic mass is 9.82. The van der Waals surface area contributed by atoms with Crippen LogP contribution in [0, 0.1) is 0 Å². The van der Waals surface area contributed by atoms with Crippen LogP contribution in [0.25, 0.3) is 60.8 Å². The maximum absolute atomic E-state index is 6.25. The number of para-hydroxylation sites is 1. The van der Waals surface area contributed by atoms with Crippen molar-refractivity contribution in [3.05, 3.63) is 180 Å². The molecule has 0 saturated carbocycles. The highest BCUT2D eigenvalue weighted by Gasteiger charge is 2.36. The van der Waals surface area contributed by atoms with Crippen molar-refractivity contribution in [2.75, 3.05) is 4.90 Å². The zero-order valence-electron chi connectivity index (χ0n) is 28.7. The molecule has 0 saturated heterocycles. The van der Waals surface area contributed by atoms with Gasteiger partial charge in [-0.1, -0.05) is 117 Å². The quantitative estimate of drug-likeness (QED) is 0.185. The first-order valence-corrected chi connectivity index (χ1v) is 17.8. The number of hydrogen-bond acceptors (Lipinski definition) is 3. The number of rotatable bonds is 5. The molecule has 0 amide bonds. The monoisotopic (exact) mass is 656 g/mol. The smallest absolute Gasteiger partial charge is 0.154 e. The first-order chi connectivity index (χ1) is 25.0. The molecule has 3 heteroatoms. The molecule has 8 aromatic rings. The van der Waals surface area contributed by atoms with Gasteiger partial charge in [0.2, 0.25) is 0 Å². The number of fused-ring (bicyclic) bond motifs is 7. The van der Waals surface area contributed by atoms with E-state index in [4.69, 9.17) is 9.40 Å². The summed E-state index contributed by atoms with van der Waals surface area (Å²) in [5.74, 6) is 0. The highest BCUT2D eigenvalue weighted by atomic mass is 16.3. The van der Waals surface area contributed by atoms with Gasteiger partial charge in [0, 0.05) is 33.3 Å². The van der Waals surface area contributed by atoms with Crippen LogP contribution in [0.4, 0.5) is 11.4 Å². The molecule has 2 aliphatic carbocycles. The van der Waals surface area contributed by atoms with Crippen molar-refractivity contribution in [1.29, 1.82) is 0 Å². The summed E-state index contributed by atoms with van der Waals surface area (Å²) in [5, 5.41) is 2.15. The molecule has 0 N–H and O–H groups in total. The summed E-state index contributed by atoms with van der Waals surface area (Å²) in [7, 11) is 0. The number of pyridine rings is 1. The molecule has 0 spiro atoms. The minimum Gasteiger partial charge on any atom is -0.454 e. The van der Waals surface area contributed by atoms with Crippen LogP contribution in [0.1, 0.15) is 43.4 Å². The molecule has 0 unspecified atom stereocenters. The molecule has 10 rings (SSSR count). The lowest BCUT2D eigenvalue weighted by Crippen LogP contribution is -2.20. The Bertz CT molecular complexity index is 2710. The number of hydrogen-bond donors (Lipinski definition) is 0. The third kappa shape index (κ3) is 4.84. The van der Waals surface area contributed by atoms with E-state index in [0.29, 0.717) is 0 Å².